The van der Waals surface area contributed by atoms with Gasteiger partial charge in [-0.15, -0.1) is 0 Å². The maximum atomic E-state index is 12.2. The predicted octanol–water partition coefficient (Wildman–Crippen LogP) is 3.88. The van der Waals surface area contributed by atoms with E-state index >= 15 is 0 Å². The van der Waals surface area contributed by atoms with Gasteiger partial charge in [0.2, 0.25) is 0 Å². The molecule has 6 nitrogen and oxygen atoms in total. The van der Waals surface area contributed by atoms with E-state index in [4.69, 9.17) is 9.47 Å². The molecule has 2 aliphatic rings. The quantitative estimate of drug-likeness (QED) is 0.158. The van der Waals surface area contributed by atoms with Crippen LogP contribution in [0.25, 0.3) is 0 Å². The van der Waals surface area contributed by atoms with E-state index in [1.165, 1.54) is 0 Å². The number of hydrogen-bond acceptors (Lipinski definition) is 5. The van der Waals surface area contributed by atoms with Crippen LogP contribution in [0.4, 0.5) is 0 Å². The molecule has 0 heterocycles. The van der Waals surface area contributed by atoms with E-state index in [2.05, 4.69) is 12.2 Å². The van der Waals surface area contributed by atoms with E-state index in [0.717, 1.165) is 12.8 Å². The van der Waals surface area contributed by atoms with Gasteiger partial charge in [0.1, 0.15) is 23.9 Å². The monoisotopic (exact) mass is 716 g/mol. The van der Waals surface area contributed by atoms with Crippen LogP contribution in [0.5, 0.6) is 5.75 Å². The van der Waals surface area contributed by atoms with Crippen molar-refractivity contribution in [3.8, 4) is 5.75 Å². The Morgan fingerprint density at radius 2 is 1.88 bits per heavy atom. The van der Waals surface area contributed by atoms with Crippen molar-refractivity contribution in [1.82, 2.24) is 0 Å². The highest BCUT2D eigenvalue weighted by Gasteiger charge is 2.40. The number of allylic oxidation sites excluding steroid dienone is 2. The van der Waals surface area contributed by atoms with Gasteiger partial charge in [0, 0.05) is 3.57 Å². The van der Waals surface area contributed by atoms with Crippen molar-refractivity contribution in [3.63, 3.8) is 0 Å². The summed E-state index contributed by atoms with van der Waals surface area (Å²) in [6, 6.07) is 1.62. The van der Waals surface area contributed by atoms with Gasteiger partial charge in [-0.2, -0.15) is 8.42 Å². The second-order valence-electron chi connectivity index (χ2n) is 6.19. The number of esters is 1. The molecule has 3 unspecified atom stereocenters. The van der Waals surface area contributed by atoms with E-state index in [9.17, 15) is 17.8 Å². The zero-order valence-corrected chi connectivity index (χ0v) is 20.6. The third kappa shape index (κ3) is 4.49. The van der Waals surface area contributed by atoms with Gasteiger partial charge in [0.25, 0.3) is 10.1 Å². The Balaban J connectivity index is 1.60. The number of fused-ring (bicyclic) bond motifs is 2. The molecule has 3 rings (SSSR count). The molecule has 10 heteroatoms. The summed E-state index contributed by atoms with van der Waals surface area (Å²) in [5.74, 6) is 0.898. The molecular weight excluding hydrogens is 701 g/mol. The average molecular weight is 716 g/mol. The number of ether oxygens (including phenoxy) is 2. The number of carbonyl (C=O) groups excluding carboxylic acids is 1. The standard InChI is InChI=1S/C16H15I3O6S/c17-11-7-12(18)15(26(21,22)23)13(19)14(11)24-3-4-25-16(20)10-6-8-1-2-9(10)5-8/h1-2,7-10H,3-6H2,(H,21,22,23). The minimum Gasteiger partial charge on any atom is -0.488 e. The number of halogens is 3. The van der Waals surface area contributed by atoms with E-state index in [-0.39, 0.29) is 30.0 Å². The molecule has 0 spiro atoms. The molecule has 0 aromatic heterocycles. The van der Waals surface area contributed by atoms with Crippen molar-refractivity contribution in [2.45, 2.75) is 17.7 Å². The summed E-state index contributed by atoms with van der Waals surface area (Å²) in [6.07, 6.45) is 6.16. The maximum absolute atomic E-state index is 12.2. The minimum atomic E-state index is -4.35. The Hall–Kier alpha value is 0.330. The third-order valence-corrected chi connectivity index (χ3v) is 8.85. The molecule has 2 bridgehead atoms. The highest BCUT2D eigenvalue weighted by Crippen LogP contribution is 2.43. The lowest BCUT2D eigenvalue weighted by Crippen LogP contribution is -2.23. The lowest BCUT2D eigenvalue weighted by atomic mass is 9.94. The summed E-state index contributed by atoms with van der Waals surface area (Å²) in [6.45, 7) is 0.204. The molecule has 0 aliphatic heterocycles. The van der Waals surface area contributed by atoms with Crippen LogP contribution in [0.1, 0.15) is 12.8 Å². The molecule has 3 atom stereocenters. The van der Waals surface area contributed by atoms with E-state index in [0.29, 0.717) is 28.3 Å². The maximum Gasteiger partial charge on any atom is 0.309 e. The van der Waals surface area contributed by atoms with Gasteiger partial charge in [-0.3, -0.25) is 9.35 Å². The average Bonchev–Trinajstić information content (AvgIpc) is 3.14. The van der Waals surface area contributed by atoms with Gasteiger partial charge in [-0.25, -0.2) is 0 Å². The molecule has 142 valence electrons. The van der Waals surface area contributed by atoms with E-state index in [1.54, 1.807) is 6.07 Å². The first-order valence-corrected chi connectivity index (χ1v) is 12.5. The summed E-state index contributed by atoms with van der Waals surface area (Å²) < 4.78 is 45.0. The van der Waals surface area contributed by atoms with Gasteiger partial charge < -0.3 is 9.47 Å². The fourth-order valence-corrected chi connectivity index (χ4v) is 9.35. The zero-order chi connectivity index (χ0) is 19.1. The van der Waals surface area contributed by atoms with Gasteiger partial charge in [0.05, 0.1) is 13.1 Å². The molecule has 0 radical (unpaired) electrons. The first-order chi connectivity index (χ1) is 12.2. The highest BCUT2D eigenvalue weighted by molar-refractivity contribution is 14.1. The predicted molar refractivity (Wildman–Crippen MR) is 120 cm³/mol. The van der Waals surface area contributed by atoms with Crippen LogP contribution in [0.2, 0.25) is 0 Å². The molecule has 0 amide bonds. The van der Waals surface area contributed by atoms with Crippen molar-refractivity contribution < 1.29 is 27.2 Å². The van der Waals surface area contributed by atoms with Gasteiger partial charge in [-0.05, 0) is 98.5 Å². The summed E-state index contributed by atoms with van der Waals surface area (Å²) >= 11 is 5.73. The SMILES string of the molecule is O=C(OCCOc1c(I)cc(I)c(S(=O)(=O)O)c1I)C1CC2C=CC1C2. The smallest absolute Gasteiger partial charge is 0.309 e. The number of benzene rings is 1. The zero-order valence-electron chi connectivity index (χ0n) is 13.3. The third-order valence-electron chi connectivity index (χ3n) is 4.50. The topological polar surface area (TPSA) is 89.9 Å². The first kappa shape index (κ1) is 21.0. The van der Waals surface area contributed by atoms with Crippen LogP contribution in [0.3, 0.4) is 0 Å². The van der Waals surface area contributed by atoms with Crippen LogP contribution in [0, 0.1) is 28.5 Å². The Morgan fingerprint density at radius 3 is 2.46 bits per heavy atom. The van der Waals surface area contributed by atoms with Crippen molar-refractivity contribution in [1.29, 1.82) is 0 Å². The molecule has 1 saturated carbocycles. The minimum absolute atomic E-state index is 0.0605. The lowest BCUT2D eigenvalue weighted by molar-refractivity contribution is -0.150. The fraction of sp³-hybridized carbons (Fsp3) is 0.438. The van der Waals surface area contributed by atoms with Crippen molar-refractivity contribution in [2.24, 2.45) is 17.8 Å². The molecular formula is C16H15I3O6S. The Bertz CT molecular complexity index is 867. The molecule has 26 heavy (non-hydrogen) atoms. The number of rotatable bonds is 6. The molecule has 0 saturated heterocycles. The summed E-state index contributed by atoms with van der Waals surface area (Å²) in [5.41, 5.74) is 0. The Morgan fingerprint density at radius 1 is 1.15 bits per heavy atom. The van der Waals surface area contributed by atoms with Crippen LogP contribution in [0.15, 0.2) is 23.1 Å². The largest absolute Gasteiger partial charge is 0.488 e. The van der Waals surface area contributed by atoms with Crippen LogP contribution in [-0.2, 0) is 19.6 Å². The number of carbonyl (C=O) groups is 1. The van der Waals surface area contributed by atoms with Crippen LogP contribution in [-0.4, -0.2) is 32.2 Å². The molecule has 1 fully saturated rings. The van der Waals surface area contributed by atoms with Gasteiger partial charge in [-0.1, -0.05) is 12.2 Å². The highest BCUT2D eigenvalue weighted by atomic mass is 127. The second-order valence-corrected chi connectivity index (χ2v) is 11.0. The number of hydrogen-bond donors (Lipinski definition) is 1. The summed E-state index contributed by atoms with van der Waals surface area (Å²) in [4.78, 5) is 12.0. The van der Waals surface area contributed by atoms with Gasteiger partial charge in [0.15, 0.2) is 0 Å². The van der Waals surface area contributed by atoms with E-state index in [1.807, 2.05) is 67.8 Å². The van der Waals surface area contributed by atoms with Crippen LogP contribution < -0.4 is 4.74 Å². The summed E-state index contributed by atoms with van der Waals surface area (Å²) in [5, 5.41) is 0. The van der Waals surface area contributed by atoms with Gasteiger partial charge >= 0.3 is 5.97 Å². The van der Waals surface area contributed by atoms with Crippen molar-refractivity contribution in [3.05, 3.63) is 28.9 Å². The normalized spacial score (nSPS) is 24.1. The first-order valence-electron chi connectivity index (χ1n) is 7.81. The molecule has 2 aliphatic carbocycles. The Labute approximate surface area is 192 Å². The van der Waals surface area contributed by atoms with Crippen LogP contribution >= 0.6 is 67.8 Å². The fourth-order valence-electron chi connectivity index (χ4n) is 3.37. The molecule has 1 aromatic carbocycles. The second kappa shape index (κ2) is 8.37. The van der Waals surface area contributed by atoms with E-state index < -0.39 is 10.1 Å². The summed E-state index contributed by atoms with van der Waals surface area (Å²) in [7, 11) is -4.35. The molecule has 1 aromatic rings. The molecule has 1 N–H and O–H groups in total. The van der Waals surface area contributed by atoms with Crippen molar-refractivity contribution in [2.75, 3.05) is 13.2 Å². The van der Waals surface area contributed by atoms with Crippen molar-refractivity contribution >= 4 is 83.9 Å². The lowest BCUT2D eigenvalue weighted by Gasteiger charge is -2.17. The Kier molecular flexibility index (Phi) is 6.77.